The van der Waals surface area contributed by atoms with Gasteiger partial charge in [-0.25, -0.2) is 14.2 Å². The van der Waals surface area contributed by atoms with Gasteiger partial charge in [-0.05, 0) is 43.5 Å². The van der Waals surface area contributed by atoms with Gasteiger partial charge in [-0.3, -0.25) is 4.79 Å². The Balaban J connectivity index is 1.86. The molecule has 10 heteroatoms. The number of hydrogen-bond acceptors (Lipinski definition) is 6. The third-order valence-electron chi connectivity index (χ3n) is 5.29. The van der Waals surface area contributed by atoms with Crippen LogP contribution in [0.3, 0.4) is 0 Å². The standard InChI is InChI=1S/C24H24ClFN2O5S/c1-14-19(32-2)10-16(11-20(14)33-3)23(29)28(12-21-27-18(13-34-21)24(30)31)9-5-7-15-6-4-8-17(25)22(15)26/h4,6,8,10-11,13H,5,7,9,12H2,1-3H3,(H,30,31). The van der Waals surface area contributed by atoms with E-state index < -0.39 is 11.8 Å². The smallest absolute Gasteiger partial charge is 0.355 e. The van der Waals surface area contributed by atoms with Crippen LogP contribution < -0.4 is 9.47 Å². The van der Waals surface area contributed by atoms with E-state index in [4.69, 9.17) is 26.2 Å². The number of carboxylic acid groups (broad SMARTS) is 1. The van der Waals surface area contributed by atoms with Crippen LogP contribution in [0, 0.1) is 12.7 Å². The molecule has 1 aromatic heterocycles. The van der Waals surface area contributed by atoms with Gasteiger partial charge >= 0.3 is 5.97 Å². The highest BCUT2D eigenvalue weighted by molar-refractivity contribution is 7.09. The number of aromatic nitrogens is 1. The lowest BCUT2D eigenvalue weighted by molar-refractivity contribution is 0.0691. The number of rotatable bonds is 10. The van der Waals surface area contributed by atoms with Gasteiger partial charge in [-0.15, -0.1) is 11.3 Å². The number of aryl methyl sites for hydroxylation is 1. The number of carbonyl (C=O) groups is 2. The molecule has 180 valence electrons. The number of carbonyl (C=O) groups excluding carboxylic acids is 1. The van der Waals surface area contributed by atoms with Crippen LogP contribution in [0.5, 0.6) is 11.5 Å². The lowest BCUT2D eigenvalue weighted by Crippen LogP contribution is -2.32. The molecule has 0 saturated heterocycles. The number of benzene rings is 2. The molecule has 0 bridgehead atoms. The Morgan fingerprint density at radius 1 is 1.21 bits per heavy atom. The number of ether oxygens (including phenoxy) is 2. The summed E-state index contributed by atoms with van der Waals surface area (Å²) in [5.41, 5.74) is 1.49. The van der Waals surface area contributed by atoms with Crippen molar-refractivity contribution in [1.29, 1.82) is 0 Å². The van der Waals surface area contributed by atoms with E-state index in [9.17, 15) is 14.0 Å². The third-order valence-corrected chi connectivity index (χ3v) is 6.41. The van der Waals surface area contributed by atoms with Crippen molar-refractivity contribution >= 4 is 34.8 Å². The zero-order valence-corrected chi connectivity index (χ0v) is 20.5. The maximum Gasteiger partial charge on any atom is 0.355 e. The summed E-state index contributed by atoms with van der Waals surface area (Å²) >= 11 is 7.03. The molecule has 1 heterocycles. The quantitative estimate of drug-likeness (QED) is 0.405. The second-order valence-electron chi connectivity index (χ2n) is 7.48. The number of amides is 1. The number of halogens is 2. The highest BCUT2D eigenvalue weighted by Gasteiger charge is 2.22. The summed E-state index contributed by atoms with van der Waals surface area (Å²) in [7, 11) is 3.02. The molecule has 34 heavy (non-hydrogen) atoms. The van der Waals surface area contributed by atoms with Gasteiger partial charge in [-0.1, -0.05) is 23.7 Å². The first kappa shape index (κ1) is 25.5. The van der Waals surface area contributed by atoms with Crippen LogP contribution in [-0.2, 0) is 13.0 Å². The van der Waals surface area contributed by atoms with Crippen LogP contribution in [-0.4, -0.2) is 47.6 Å². The molecule has 0 unspecified atom stereocenters. The summed E-state index contributed by atoms with van der Waals surface area (Å²) in [6.45, 7) is 2.21. The first-order chi connectivity index (χ1) is 16.2. The second-order valence-corrected chi connectivity index (χ2v) is 8.83. The summed E-state index contributed by atoms with van der Waals surface area (Å²) < 4.78 is 25.1. The van der Waals surface area contributed by atoms with Crippen molar-refractivity contribution in [3.05, 3.63) is 73.9 Å². The van der Waals surface area contributed by atoms with E-state index in [1.165, 1.54) is 25.7 Å². The Morgan fingerprint density at radius 3 is 2.47 bits per heavy atom. The van der Waals surface area contributed by atoms with Crippen LogP contribution in [0.25, 0.3) is 0 Å². The summed E-state index contributed by atoms with van der Waals surface area (Å²) in [6, 6.07) is 8.08. The van der Waals surface area contributed by atoms with E-state index in [0.717, 1.165) is 16.9 Å². The number of nitrogens with zero attached hydrogens (tertiary/aromatic N) is 2. The van der Waals surface area contributed by atoms with E-state index in [-0.39, 0.29) is 29.7 Å². The molecule has 7 nitrogen and oxygen atoms in total. The van der Waals surface area contributed by atoms with Crippen molar-refractivity contribution in [3.8, 4) is 11.5 Å². The van der Waals surface area contributed by atoms with Gasteiger partial charge in [0.1, 0.15) is 22.3 Å². The number of carboxylic acids is 1. The van der Waals surface area contributed by atoms with E-state index in [2.05, 4.69) is 4.98 Å². The largest absolute Gasteiger partial charge is 0.496 e. The maximum atomic E-state index is 14.3. The van der Waals surface area contributed by atoms with Crippen molar-refractivity contribution in [3.63, 3.8) is 0 Å². The SMILES string of the molecule is COc1cc(C(=O)N(CCCc2cccc(Cl)c2F)Cc2nc(C(=O)O)cs2)cc(OC)c1C. The monoisotopic (exact) mass is 506 g/mol. The molecule has 0 aliphatic rings. The van der Waals surface area contributed by atoms with Gasteiger partial charge in [0, 0.05) is 23.1 Å². The highest BCUT2D eigenvalue weighted by Crippen LogP contribution is 2.30. The Labute approximate surface area is 205 Å². The molecule has 0 spiro atoms. The average Bonchev–Trinajstić information content (AvgIpc) is 3.30. The van der Waals surface area contributed by atoms with Gasteiger partial charge in [0.25, 0.3) is 5.91 Å². The topological polar surface area (TPSA) is 89.0 Å². The van der Waals surface area contributed by atoms with Crippen LogP contribution in [0.2, 0.25) is 5.02 Å². The third kappa shape index (κ3) is 5.84. The van der Waals surface area contributed by atoms with E-state index in [1.54, 1.807) is 29.2 Å². The van der Waals surface area contributed by atoms with Crippen molar-refractivity contribution in [2.75, 3.05) is 20.8 Å². The first-order valence-electron chi connectivity index (χ1n) is 10.4. The minimum atomic E-state index is -1.13. The van der Waals surface area contributed by atoms with E-state index in [0.29, 0.717) is 40.5 Å². The summed E-state index contributed by atoms with van der Waals surface area (Å²) in [6.07, 6.45) is 0.829. The molecule has 0 aliphatic heterocycles. The van der Waals surface area contributed by atoms with Crippen LogP contribution in [0.1, 0.15) is 43.4 Å². The predicted octanol–water partition coefficient (Wildman–Crippen LogP) is 5.23. The van der Waals surface area contributed by atoms with Crippen molar-refractivity contribution < 1.29 is 28.6 Å². The number of aromatic carboxylic acids is 1. The fourth-order valence-electron chi connectivity index (χ4n) is 3.49. The van der Waals surface area contributed by atoms with Gasteiger partial charge in [0.15, 0.2) is 5.69 Å². The van der Waals surface area contributed by atoms with E-state index in [1.807, 2.05) is 6.92 Å². The fourth-order valence-corrected chi connectivity index (χ4v) is 4.47. The van der Waals surface area contributed by atoms with E-state index >= 15 is 0 Å². The summed E-state index contributed by atoms with van der Waals surface area (Å²) in [5.74, 6) is -0.904. The van der Waals surface area contributed by atoms with Crippen LogP contribution in [0.15, 0.2) is 35.7 Å². The number of thiazole rings is 1. The molecule has 1 amide bonds. The number of methoxy groups -OCH3 is 2. The predicted molar refractivity (Wildman–Crippen MR) is 128 cm³/mol. The number of hydrogen-bond donors (Lipinski definition) is 1. The van der Waals surface area contributed by atoms with Gasteiger partial charge in [0.2, 0.25) is 0 Å². The van der Waals surface area contributed by atoms with Gasteiger partial charge in [-0.2, -0.15) is 0 Å². The molecular weight excluding hydrogens is 483 g/mol. The molecule has 0 saturated carbocycles. The molecule has 3 rings (SSSR count). The van der Waals surface area contributed by atoms with Crippen molar-refractivity contribution in [2.45, 2.75) is 26.3 Å². The molecule has 0 fully saturated rings. The lowest BCUT2D eigenvalue weighted by atomic mass is 10.1. The van der Waals surface area contributed by atoms with Gasteiger partial charge in [0.05, 0.1) is 25.8 Å². The minimum Gasteiger partial charge on any atom is -0.496 e. The molecular formula is C24H24ClFN2O5S. The highest BCUT2D eigenvalue weighted by atomic mass is 35.5. The molecule has 0 aliphatic carbocycles. The van der Waals surface area contributed by atoms with Crippen LogP contribution >= 0.6 is 22.9 Å². The average molecular weight is 507 g/mol. The zero-order valence-electron chi connectivity index (χ0n) is 18.9. The Morgan fingerprint density at radius 2 is 1.88 bits per heavy atom. The Bertz CT molecular complexity index is 1170. The summed E-state index contributed by atoms with van der Waals surface area (Å²) in [5, 5.41) is 11.1. The lowest BCUT2D eigenvalue weighted by Gasteiger charge is -2.23. The minimum absolute atomic E-state index is 0.0493. The first-order valence-corrected chi connectivity index (χ1v) is 11.6. The van der Waals surface area contributed by atoms with Gasteiger partial charge < -0.3 is 19.5 Å². The normalized spacial score (nSPS) is 10.7. The molecule has 2 aromatic carbocycles. The molecule has 0 radical (unpaired) electrons. The molecule has 1 N–H and O–H groups in total. The molecule has 0 atom stereocenters. The van der Waals surface area contributed by atoms with Crippen molar-refractivity contribution in [1.82, 2.24) is 9.88 Å². The Hall–Kier alpha value is -3.17. The fraction of sp³-hybridized carbons (Fsp3) is 0.292. The van der Waals surface area contributed by atoms with Crippen molar-refractivity contribution in [2.24, 2.45) is 0 Å². The summed E-state index contributed by atoms with van der Waals surface area (Å²) in [4.78, 5) is 30.3. The second kappa shape index (κ2) is 11.3. The zero-order chi connectivity index (χ0) is 24.8. The van der Waals surface area contributed by atoms with Crippen LogP contribution in [0.4, 0.5) is 4.39 Å². The maximum absolute atomic E-state index is 14.3. The molecule has 3 aromatic rings. The Kier molecular flexibility index (Phi) is 8.46.